The smallest absolute Gasteiger partial charge is 0.402 e. The summed E-state index contributed by atoms with van der Waals surface area (Å²) in [4.78, 5) is 0. The molecule has 22 heavy (non-hydrogen) atoms. The molecule has 0 aromatic rings. The summed E-state index contributed by atoms with van der Waals surface area (Å²) >= 11 is 0. The summed E-state index contributed by atoms with van der Waals surface area (Å²) in [6.07, 6.45) is -7.54. The van der Waals surface area contributed by atoms with Crippen LogP contribution in [0.2, 0.25) is 0 Å². The minimum atomic E-state index is -2.17. The van der Waals surface area contributed by atoms with Gasteiger partial charge in [0.05, 0.1) is 26.4 Å². The Hall–Kier alpha value is 0.248. The summed E-state index contributed by atoms with van der Waals surface area (Å²) in [5.74, 6) is 0. The van der Waals surface area contributed by atoms with Gasteiger partial charge in [-0.15, -0.1) is 0 Å². The SMILES string of the molecule is OB(O)O.OCC(O)COC[C@H](O)[C@@H](O)[C@H](O)[C@H](O)CO.[Zn]. The van der Waals surface area contributed by atoms with Gasteiger partial charge in [0.15, 0.2) is 0 Å². The van der Waals surface area contributed by atoms with E-state index in [0.29, 0.717) is 0 Å². The van der Waals surface area contributed by atoms with Gasteiger partial charge in [0.25, 0.3) is 0 Å². The Morgan fingerprint density at radius 3 is 1.50 bits per heavy atom. The molecule has 0 fully saturated rings. The summed E-state index contributed by atoms with van der Waals surface area (Å²) in [5.41, 5.74) is 0. The van der Waals surface area contributed by atoms with E-state index in [1.54, 1.807) is 0 Å². The summed E-state index contributed by atoms with van der Waals surface area (Å²) in [5, 5.41) is 84.3. The number of aliphatic hydroxyl groups excluding tert-OH is 7. The van der Waals surface area contributed by atoms with E-state index in [9.17, 15) is 15.3 Å². The van der Waals surface area contributed by atoms with Crippen LogP contribution in [-0.2, 0) is 24.2 Å². The zero-order valence-electron chi connectivity index (χ0n) is 11.9. The van der Waals surface area contributed by atoms with Crippen LogP contribution in [0.1, 0.15) is 0 Å². The van der Waals surface area contributed by atoms with Crippen molar-refractivity contribution in [3.8, 4) is 0 Å². The van der Waals surface area contributed by atoms with E-state index >= 15 is 0 Å². The first-order valence-electron chi connectivity index (χ1n) is 5.91. The Bertz CT molecular complexity index is 235. The van der Waals surface area contributed by atoms with Crippen molar-refractivity contribution in [2.24, 2.45) is 0 Å². The number of aliphatic hydroxyl groups is 7. The van der Waals surface area contributed by atoms with Crippen LogP contribution in [0.4, 0.5) is 0 Å². The first kappa shape index (κ1) is 27.1. The van der Waals surface area contributed by atoms with E-state index in [1.807, 2.05) is 0 Å². The fraction of sp³-hybridized carbons (Fsp3) is 1.00. The van der Waals surface area contributed by atoms with E-state index in [1.165, 1.54) is 0 Å². The molecule has 5 atom stereocenters. The molecular weight excluding hydrogens is 360 g/mol. The van der Waals surface area contributed by atoms with Gasteiger partial charge in [-0.3, -0.25) is 0 Å². The molecule has 11 nitrogen and oxygen atoms in total. The van der Waals surface area contributed by atoms with E-state index in [2.05, 4.69) is 0 Å². The largest absolute Gasteiger partial charge is 0.631 e. The number of ether oxygens (including phenoxy) is 1. The summed E-state index contributed by atoms with van der Waals surface area (Å²) in [6, 6.07) is 0. The summed E-state index contributed by atoms with van der Waals surface area (Å²) in [6.45, 7) is -1.88. The van der Waals surface area contributed by atoms with Crippen LogP contribution >= 0.6 is 0 Å². The fourth-order valence-electron chi connectivity index (χ4n) is 1.04. The number of hydrogen-bond acceptors (Lipinski definition) is 11. The maximum absolute atomic E-state index is 9.35. The van der Waals surface area contributed by atoms with Crippen molar-refractivity contribution in [2.75, 3.05) is 26.4 Å². The molecule has 0 aliphatic heterocycles. The molecule has 0 bridgehead atoms. The van der Waals surface area contributed by atoms with Crippen molar-refractivity contribution < 1.29 is 75.0 Å². The Balaban J connectivity index is -0.000000640. The molecule has 1 unspecified atom stereocenters. The quantitative estimate of drug-likeness (QED) is 0.169. The topological polar surface area (TPSA) is 212 Å². The zero-order valence-corrected chi connectivity index (χ0v) is 14.8. The van der Waals surface area contributed by atoms with E-state index in [-0.39, 0.29) is 26.1 Å². The minimum Gasteiger partial charge on any atom is -0.402 e. The predicted octanol–water partition coefficient (Wildman–Crippen LogP) is -6.26. The molecule has 13 heteroatoms. The molecule has 0 aromatic heterocycles. The average molecular weight is 383 g/mol. The monoisotopic (exact) mass is 382 g/mol. The molecular formula is C9H23BO11Zn. The third-order valence-electron chi connectivity index (χ3n) is 2.14. The standard InChI is InChI=1S/C9H20O8.BH3O3.Zn/c10-1-5(12)3-17-4-7(14)9(16)8(15)6(13)2-11;2-1(3)4;/h5-16H,1-4H2;2-4H;/t5?,6-,7+,8-,9-;;/m1../s1. The molecule has 0 saturated heterocycles. The van der Waals surface area contributed by atoms with Gasteiger partial charge in [0.2, 0.25) is 0 Å². The third-order valence-corrected chi connectivity index (χ3v) is 2.14. The summed E-state index contributed by atoms with van der Waals surface area (Å²) in [7, 11) is -2.17. The van der Waals surface area contributed by atoms with E-state index in [4.69, 9.17) is 40.2 Å². The van der Waals surface area contributed by atoms with Crippen LogP contribution in [0.3, 0.4) is 0 Å². The van der Waals surface area contributed by atoms with Gasteiger partial charge in [-0.05, 0) is 0 Å². The molecule has 0 saturated carbocycles. The molecule has 0 heterocycles. The second-order valence-corrected chi connectivity index (χ2v) is 4.02. The Morgan fingerprint density at radius 2 is 1.14 bits per heavy atom. The van der Waals surface area contributed by atoms with Gasteiger partial charge in [0, 0.05) is 19.5 Å². The Morgan fingerprint density at radius 1 is 0.727 bits per heavy atom. The molecule has 10 N–H and O–H groups in total. The number of hydrogen-bond donors (Lipinski definition) is 10. The molecule has 0 radical (unpaired) electrons. The second kappa shape index (κ2) is 16.1. The minimum absolute atomic E-state index is 0. The first-order chi connectivity index (χ1) is 9.67. The molecule has 0 rings (SSSR count). The van der Waals surface area contributed by atoms with Crippen LogP contribution in [0.25, 0.3) is 0 Å². The van der Waals surface area contributed by atoms with Crippen molar-refractivity contribution in [3.05, 3.63) is 0 Å². The van der Waals surface area contributed by atoms with Gasteiger partial charge < -0.3 is 55.6 Å². The molecule has 0 aliphatic rings. The predicted molar refractivity (Wildman–Crippen MR) is 67.4 cm³/mol. The van der Waals surface area contributed by atoms with Crippen LogP contribution in [0, 0.1) is 0 Å². The second-order valence-electron chi connectivity index (χ2n) is 4.02. The molecule has 0 aromatic carbocycles. The number of rotatable bonds is 9. The third kappa shape index (κ3) is 15.2. The molecule has 130 valence electrons. The van der Waals surface area contributed by atoms with Crippen LogP contribution in [-0.4, -0.2) is 115 Å². The van der Waals surface area contributed by atoms with Crippen molar-refractivity contribution in [1.29, 1.82) is 0 Å². The van der Waals surface area contributed by atoms with Crippen molar-refractivity contribution in [2.45, 2.75) is 30.5 Å². The van der Waals surface area contributed by atoms with Gasteiger partial charge in [-0.2, -0.15) is 0 Å². The van der Waals surface area contributed by atoms with Crippen molar-refractivity contribution >= 4 is 7.32 Å². The van der Waals surface area contributed by atoms with Gasteiger partial charge in [-0.25, -0.2) is 0 Å². The maximum Gasteiger partial charge on any atom is 0.631 e. The summed E-state index contributed by atoms with van der Waals surface area (Å²) < 4.78 is 4.76. The van der Waals surface area contributed by atoms with E-state index < -0.39 is 57.7 Å². The Kier molecular flexibility index (Phi) is 19.9. The van der Waals surface area contributed by atoms with Crippen molar-refractivity contribution in [3.63, 3.8) is 0 Å². The van der Waals surface area contributed by atoms with Crippen LogP contribution < -0.4 is 0 Å². The van der Waals surface area contributed by atoms with Gasteiger partial charge in [-0.1, -0.05) is 0 Å². The zero-order chi connectivity index (χ0) is 17.0. The molecule has 0 amide bonds. The van der Waals surface area contributed by atoms with E-state index in [0.717, 1.165) is 0 Å². The van der Waals surface area contributed by atoms with Crippen LogP contribution in [0.5, 0.6) is 0 Å². The molecule has 0 aliphatic carbocycles. The van der Waals surface area contributed by atoms with Crippen molar-refractivity contribution in [1.82, 2.24) is 0 Å². The normalized spacial score (nSPS) is 17.2. The Labute approximate surface area is 140 Å². The van der Waals surface area contributed by atoms with Crippen LogP contribution in [0.15, 0.2) is 0 Å². The van der Waals surface area contributed by atoms with Gasteiger partial charge in [0.1, 0.15) is 30.5 Å². The molecule has 0 spiro atoms. The van der Waals surface area contributed by atoms with Gasteiger partial charge >= 0.3 is 7.32 Å². The average Bonchev–Trinajstić information content (AvgIpc) is 2.43. The first-order valence-corrected chi connectivity index (χ1v) is 5.91. The maximum atomic E-state index is 9.35. The fourth-order valence-corrected chi connectivity index (χ4v) is 1.04.